The molecule has 0 bridgehead atoms. The Morgan fingerprint density at radius 3 is 2.33 bits per heavy atom. The molecule has 0 saturated heterocycles. The second-order valence-corrected chi connectivity index (χ2v) is 12.4. The average molecular weight is 530 g/mol. The molecule has 0 radical (unpaired) electrons. The third kappa shape index (κ3) is 5.44. The van der Waals surface area contributed by atoms with Gasteiger partial charge in [-0.15, -0.1) is 0 Å². The van der Waals surface area contributed by atoms with E-state index in [9.17, 15) is 30.4 Å². The van der Waals surface area contributed by atoms with Crippen LogP contribution in [0.3, 0.4) is 0 Å². The number of hydrogen-bond donors (Lipinski definition) is 1. The Hall–Kier alpha value is -2.46. The van der Waals surface area contributed by atoms with E-state index in [0.29, 0.717) is 31.3 Å². The van der Waals surface area contributed by atoms with Crippen molar-refractivity contribution in [2.24, 2.45) is 5.41 Å². The molecule has 2 aromatic carbocycles. The first-order chi connectivity index (χ1) is 17.0. The first-order valence-electron chi connectivity index (χ1n) is 12.1. The van der Waals surface area contributed by atoms with E-state index in [0.717, 1.165) is 6.07 Å². The molecule has 36 heavy (non-hydrogen) atoms. The predicted molar refractivity (Wildman–Crippen MR) is 130 cm³/mol. The molecule has 1 atom stereocenters. The highest BCUT2D eigenvalue weighted by atomic mass is 32.2. The van der Waals surface area contributed by atoms with Gasteiger partial charge in [0.15, 0.2) is 0 Å². The topological polar surface area (TPSA) is 51.1 Å². The molecule has 1 aliphatic carbocycles. The van der Waals surface area contributed by atoms with Gasteiger partial charge in [0.25, 0.3) is 6.43 Å². The zero-order valence-electron chi connectivity index (χ0n) is 21.2. The first kappa shape index (κ1) is 25.2. The minimum atomic E-state index is -4.60. The SMILES string of the molecule is [2H]C(NS(=O)(=O)C1CCC1)(c1cn(CC(C)(C)C)c2cc(-c3ccccc3C(F)(F)F)ccc12)C(F)F. The molecule has 10 heteroatoms. The van der Waals surface area contributed by atoms with Crippen LogP contribution in [0.5, 0.6) is 0 Å². The van der Waals surface area contributed by atoms with Crippen molar-refractivity contribution in [3.05, 3.63) is 59.8 Å². The van der Waals surface area contributed by atoms with Crippen LogP contribution < -0.4 is 4.72 Å². The van der Waals surface area contributed by atoms with E-state index in [1.165, 1.54) is 42.6 Å². The summed E-state index contributed by atoms with van der Waals surface area (Å²) in [6.07, 6.45) is -5.35. The molecule has 1 saturated carbocycles. The van der Waals surface area contributed by atoms with Crippen LogP contribution in [0.25, 0.3) is 22.0 Å². The lowest BCUT2D eigenvalue weighted by Gasteiger charge is -2.28. The number of alkyl halides is 5. The molecule has 1 unspecified atom stereocenters. The Morgan fingerprint density at radius 2 is 1.78 bits per heavy atom. The van der Waals surface area contributed by atoms with E-state index in [2.05, 4.69) is 0 Å². The summed E-state index contributed by atoms with van der Waals surface area (Å²) in [6, 6.07) is 6.34. The van der Waals surface area contributed by atoms with Crippen LogP contribution in [-0.2, 0) is 22.7 Å². The molecule has 1 aromatic heterocycles. The zero-order chi connectivity index (χ0) is 27.4. The molecule has 1 fully saturated rings. The van der Waals surface area contributed by atoms with Gasteiger partial charge in [-0.25, -0.2) is 21.9 Å². The van der Waals surface area contributed by atoms with E-state index in [4.69, 9.17) is 1.37 Å². The lowest BCUT2D eigenvalue weighted by Crippen LogP contribution is -2.42. The van der Waals surface area contributed by atoms with Gasteiger partial charge in [0.1, 0.15) is 6.02 Å². The van der Waals surface area contributed by atoms with Gasteiger partial charge >= 0.3 is 6.18 Å². The normalized spacial score (nSPS) is 17.8. The lowest BCUT2D eigenvalue weighted by molar-refractivity contribution is -0.137. The lowest BCUT2D eigenvalue weighted by atomic mass is 9.96. The van der Waals surface area contributed by atoms with E-state index in [1.54, 1.807) is 4.57 Å². The van der Waals surface area contributed by atoms with Crippen molar-refractivity contribution in [3.63, 3.8) is 0 Å². The molecule has 1 N–H and O–H groups in total. The standard InChI is InChI=1S/C26H29F5N2O2S/c1-25(2,3)15-33-14-20(23(24(27)28)32-36(34,35)17-7-6-8-17)19-12-11-16(13-22(19)33)18-9-4-5-10-21(18)26(29,30)31/h4-5,9-14,17,23-24,32H,6-8,15H2,1-3H3/i23D. The molecule has 196 valence electrons. The molecule has 0 spiro atoms. The van der Waals surface area contributed by atoms with Crippen LogP contribution in [-0.4, -0.2) is 24.7 Å². The maximum Gasteiger partial charge on any atom is 0.417 e. The average Bonchev–Trinajstić information content (AvgIpc) is 3.07. The number of fused-ring (bicyclic) bond motifs is 1. The fraction of sp³-hybridized carbons (Fsp3) is 0.462. The van der Waals surface area contributed by atoms with Crippen molar-refractivity contribution in [2.75, 3.05) is 0 Å². The smallest absolute Gasteiger partial charge is 0.347 e. The van der Waals surface area contributed by atoms with Gasteiger partial charge in [-0.05, 0) is 41.5 Å². The number of halogens is 5. The van der Waals surface area contributed by atoms with Gasteiger partial charge in [0.2, 0.25) is 10.0 Å². The van der Waals surface area contributed by atoms with Crippen LogP contribution in [0.2, 0.25) is 0 Å². The Bertz CT molecular complexity index is 1410. The molecule has 4 rings (SSSR count). The maximum atomic E-state index is 14.4. The number of nitrogens with one attached hydrogen (secondary N) is 1. The molecular formula is C26H29F5N2O2S. The maximum absolute atomic E-state index is 14.4. The van der Waals surface area contributed by atoms with Crippen molar-refractivity contribution >= 4 is 20.9 Å². The Kier molecular flexibility index (Phi) is 6.61. The fourth-order valence-electron chi connectivity index (χ4n) is 4.43. The van der Waals surface area contributed by atoms with Gasteiger partial charge in [-0.2, -0.15) is 13.2 Å². The number of aromatic nitrogens is 1. The summed E-state index contributed by atoms with van der Waals surface area (Å²) in [5.74, 6) is 0. The molecule has 0 aliphatic heterocycles. The summed E-state index contributed by atoms with van der Waals surface area (Å²) in [4.78, 5) is 0. The fourth-order valence-corrected chi connectivity index (χ4v) is 6.06. The van der Waals surface area contributed by atoms with Crippen LogP contribution in [0.15, 0.2) is 48.7 Å². The van der Waals surface area contributed by atoms with Crippen LogP contribution >= 0.6 is 0 Å². The number of benzene rings is 2. The van der Waals surface area contributed by atoms with E-state index < -0.39 is 39.5 Å². The molecule has 4 nitrogen and oxygen atoms in total. The number of sulfonamides is 1. The predicted octanol–water partition coefficient (Wildman–Crippen LogP) is 7.15. The molecule has 1 heterocycles. The molecule has 0 amide bonds. The zero-order valence-corrected chi connectivity index (χ0v) is 21.0. The third-order valence-electron chi connectivity index (χ3n) is 6.32. The van der Waals surface area contributed by atoms with E-state index >= 15 is 0 Å². The summed E-state index contributed by atoms with van der Waals surface area (Å²) >= 11 is 0. The van der Waals surface area contributed by atoms with Crippen LogP contribution in [0.4, 0.5) is 22.0 Å². The molecular weight excluding hydrogens is 499 g/mol. The van der Waals surface area contributed by atoms with Crippen LogP contribution in [0, 0.1) is 5.41 Å². The Labute approximate surface area is 209 Å². The van der Waals surface area contributed by atoms with Crippen molar-refractivity contribution in [2.45, 2.75) is 70.4 Å². The number of rotatable bonds is 7. The quantitative estimate of drug-likeness (QED) is 0.331. The highest BCUT2D eigenvalue weighted by molar-refractivity contribution is 7.90. The molecule has 3 aromatic rings. The number of nitrogens with zero attached hydrogens (tertiary/aromatic N) is 1. The van der Waals surface area contributed by atoms with Crippen molar-refractivity contribution in [3.8, 4) is 11.1 Å². The summed E-state index contributed by atoms with van der Waals surface area (Å²) in [5, 5.41) is -0.659. The Morgan fingerprint density at radius 1 is 1.11 bits per heavy atom. The second-order valence-electron chi connectivity index (χ2n) is 10.4. The first-order valence-corrected chi connectivity index (χ1v) is 13.2. The van der Waals surface area contributed by atoms with Gasteiger partial charge < -0.3 is 4.57 Å². The number of hydrogen-bond acceptors (Lipinski definition) is 2. The summed E-state index contributed by atoms with van der Waals surface area (Å²) < 4.78 is 108. The van der Waals surface area contributed by atoms with E-state index in [-0.39, 0.29) is 27.5 Å². The Balaban J connectivity index is 1.92. The van der Waals surface area contributed by atoms with Gasteiger partial charge in [-0.1, -0.05) is 57.5 Å². The van der Waals surface area contributed by atoms with Gasteiger partial charge in [0, 0.05) is 29.2 Å². The van der Waals surface area contributed by atoms with Crippen molar-refractivity contribution < 1.29 is 31.7 Å². The van der Waals surface area contributed by atoms with E-state index in [1.807, 2.05) is 25.5 Å². The highest BCUT2D eigenvalue weighted by Crippen LogP contribution is 2.40. The minimum absolute atomic E-state index is 0.0707. The monoisotopic (exact) mass is 529 g/mol. The van der Waals surface area contributed by atoms with Gasteiger partial charge in [0.05, 0.1) is 12.2 Å². The summed E-state index contributed by atoms with van der Waals surface area (Å²) in [5.41, 5.74) is -0.954. The highest BCUT2D eigenvalue weighted by Gasteiger charge is 2.37. The summed E-state index contributed by atoms with van der Waals surface area (Å²) in [6.45, 7) is 6.01. The van der Waals surface area contributed by atoms with Crippen LogP contribution in [0.1, 0.15) is 58.5 Å². The summed E-state index contributed by atoms with van der Waals surface area (Å²) in [7, 11) is -4.19. The molecule has 1 aliphatic rings. The largest absolute Gasteiger partial charge is 0.417 e. The van der Waals surface area contributed by atoms with Crippen molar-refractivity contribution in [1.29, 1.82) is 0 Å². The minimum Gasteiger partial charge on any atom is -0.347 e. The van der Waals surface area contributed by atoms with Crippen molar-refractivity contribution in [1.82, 2.24) is 9.29 Å². The third-order valence-corrected chi connectivity index (χ3v) is 8.18. The van der Waals surface area contributed by atoms with Gasteiger partial charge in [-0.3, -0.25) is 0 Å². The second kappa shape index (κ2) is 9.45.